The predicted octanol–water partition coefficient (Wildman–Crippen LogP) is 1.76. The van der Waals surface area contributed by atoms with Crippen molar-refractivity contribution in [1.29, 1.82) is 0 Å². The number of carbonyl (C=O) groups excluding carboxylic acids is 2. The fraction of sp³-hybridized carbons (Fsp3) is 0.833. The second-order valence-corrected chi connectivity index (χ2v) is 7.97. The molecule has 1 spiro atoms. The highest BCUT2D eigenvalue weighted by Crippen LogP contribution is 2.38. The molecule has 2 fully saturated rings. The van der Waals surface area contributed by atoms with E-state index in [2.05, 4.69) is 15.1 Å². The standard InChI is InChI=1S/C16H30N4O2.C2HF3O2/c1-13(2)17-15(22)19-9-7-16(8-10-19)6-5-14(21)20(16)12-11-18(3)4;3-2(4,5)1(6)7/h13H,5-12H2,1-4H3,(H,17,22);(H,6,7). The van der Waals surface area contributed by atoms with Gasteiger partial charge in [-0.1, -0.05) is 0 Å². The van der Waals surface area contributed by atoms with Crippen molar-refractivity contribution < 1.29 is 32.7 Å². The third-order valence-electron chi connectivity index (χ3n) is 5.08. The quantitative estimate of drug-likeness (QED) is 0.717. The number of likely N-dealkylation sites (tertiary alicyclic amines) is 2. The zero-order chi connectivity index (χ0) is 22.4. The molecule has 0 aliphatic carbocycles. The lowest BCUT2D eigenvalue weighted by Crippen LogP contribution is -2.56. The van der Waals surface area contributed by atoms with E-state index in [9.17, 15) is 22.8 Å². The Labute approximate surface area is 169 Å². The van der Waals surface area contributed by atoms with Crippen LogP contribution in [0.3, 0.4) is 0 Å². The molecule has 2 rings (SSSR count). The number of aliphatic carboxylic acids is 1. The first kappa shape index (κ1) is 25.0. The first-order chi connectivity index (χ1) is 13.3. The van der Waals surface area contributed by atoms with Crippen LogP contribution in [0.1, 0.15) is 39.5 Å². The zero-order valence-corrected chi connectivity index (χ0v) is 17.4. The van der Waals surface area contributed by atoms with Crippen molar-refractivity contribution in [2.75, 3.05) is 40.3 Å². The maximum Gasteiger partial charge on any atom is 0.490 e. The molecule has 2 aliphatic rings. The summed E-state index contributed by atoms with van der Waals surface area (Å²) in [6, 6.07) is 0.182. The number of piperidine rings is 1. The van der Waals surface area contributed by atoms with Gasteiger partial charge in [-0.2, -0.15) is 13.2 Å². The summed E-state index contributed by atoms with van der Waals surface area (Å²) in [6.07, 6.45) is -1.68. The number of carboxylic acid groups (broad SMARTS) is 1. The molecule has 0 unspecified atom stereocenters. The molecule has 0 saturated carbocycles. The van der Waals surface area contributed by atoms with E-state index in [4.69, 9.17) is 9.90 Å². The van der Waals surface area contributed by atoms with Crippen molar-refractivity contribution in [3.63, 3.8) is 0 Å². The largest absolute Gasteiger partial charge is 0.490 e. The SMILES string of the molecule is CC(C)NC(=O)N1CCC2(CCC(=O)N2CCN(C)C)CC1.O=C(O)C(F)(F)F. The molecule has 0 radical (unpaired) electrons. The molecule has 0 aromatic rings. The lowest BCUT2D eigenvalue weighted by Gasteiger charge is -2.45. The molecule has 2 N–H and O–H groups in total. The molecule has 2 aliphatic heterocycles. The number of urea groups is 1. The van der Waals surface area contributed by atoms with Crippen molar-refractivity contribution in [1.82, 2.24) is 20.0 Å². The van der Waals surface area contributed by atoms with Crippen LogP contribution in [0.15, 0.2) is 0 Å². The number of amides is 3. The molecule has 0 aromatic heterocycles. The summed E-state index contributed by atoms with van der Waals surface area (Å²) in [5.41, 5.74) is -0.0122. The van der Waals surface area contributed by atoms with Gasteiger partial charge in [-0.3, -0.25) is 4.79 Å². The van der Waals surface area contributed by atoms with Gasteiger partial charge in [0.15, 0.2) is 0 Å². The monoisotopic (exact) mass is 424 g/mol. The number of nitrogens with zero attached hydrogens (tertiary/aromatic N) is 3. The van der Waals surface area contributed by atoms with Crippen LogP contribution in [0.5, 0.6) is 0 Å². The van der Waals surface area contributed by atoms with E-state index in [0.29, 0.717) is 6.42 Å². The second kappa shape index (κ2) is 10.1. The molecule has 0 aromatic carbocycles. The van der Waals surface area contributed by atoms with Crippen molar-refractivity contribution in [2.24, 2.45) is 0 Å². The van der Waals surface area contributed by atoms with E-state index in [1.807, 2.05) is 32.8 Å². The predicted molar refractivity (Wildman–Crippen MR) is 100 cm³/mol. The minimum absolute atomic E-state index is 0.0122. The third-order valence-corrected chi connectivity index (χ3v) is 5.08. The molecule has 3 amide bonds. The Morgan fingerprint density at radius 3 is 2.14 bits per heavy atom. The molecule has 8 nitrogen and oxygen atoms in total. The fourth-order valence-corrected chi connectivity index (χ4v) is 3.52. The van der Waals surface area contributed by atoms with Gasteiger partial charge in [0.1, 0.15) is 0 Å². The Kier molecular flexibility index (Phi) is 8.73. The molecule has 0 bridgehead atoms. The number of hydrogen-bond acceptors (Lipinski definition) is 4. The van der Waals surface area contributed by atoms with Crippen LogP contribution >= 0.6 is 0 Å². The number of carboxylic acids is 1. The first-order valence-corrected chi connectivity index (χ1v) is 9.59. The molecular weight excluding hydrogens is 393 g/mol. The summed E-state index contributed by atoms with van der Waals surface area (Å²) in [7, 11) is 4.07. The van der Waals surface area contributed by atoms with Gasteiger partial charge >= 0.3 is 18.2 Å². The van der Waals surface area contributed by atoms with Gasteiger partial charge in [-0.25, -0.2) is 9.59 Å². The second-order valence-electron chi connectivity index (χ2n) is 7.97. The average Bonchev–Trinajstić information content (AvgIpc) is 2.88. The van der Waals surface area contributed by atoms with Gasteiger partial charge in [0.2, 0.25) is 5.91 Å². The Bertz CT molecular complexity index is 588. The third kappa shape index (κ3) is 7.37. The maximum absolute atomic E-state index is 12.2. The topological polar surface area (TPSA) is 93.2 Å². The number of rotatable bonds is 4. The minimum Gasteiger partial charge on any atom is -0.475 e. The average molecular weight is 424 g/mol. The van der Waals surface area contributed by atoms with Crippen LogP contribution < -0.4 is 5.32 Å². The van der Waals surface area contributed by atoms with Crippen molar-refractivity contribution in [2.45, 2.75) is 57.3 Å². The van der Waals surface area contributed by atoms with Crippen molar-refractivity contribution in [3.05, 3.63) is 0 Å². The number of carbonyl (C=O) groups is 3. The first-order valence-electron chi connectivity index (χ1n) is 9.59. The molecule has 11 heteroatoms. The van der Waals surface area contributed by atoms with E-state index in [-0.39, 0.29) is 23.5 Å². The Balaban J connectivity index is 0.000000516. The lowest BCUT2D eigenvalue weighted by molar-refractivity contribution is -0.192. The van der Waals surface area contributed by atoms with Crippen LogP contribution in [-0.2, 0) is 9.59 Å². The normalized spacial score (nSPS) is 18.9. The number of nitrogens with one attached hydrogen (secondary N) is 1. The highest BCUT2D eigenvalue weighted by atomic mass is 19.4. The van der Waals surface area contributed by atoms with E-state index in [1.165, 1.54) is 0 Å². The Morgan fingerprint density at radius 2 is 1.72 bits per heavy atom. The van der Waals surface area contributed by atoms with Gasteiger partial charge in [-0.15, -0.1) is 0 Å². The van der Waals surface area contributed by atoms with Crippen molar-refractivity contribution in [3.8, 4) is 0 Å². The van der Waals surface area contributed by atoms with Gasteiger partial charge < -0.3 is 25.1 Å². The van der Waals surface area contributed by atoms with E-state index in [0.717, 1.165) is 45.4 Å². The van der Waals surface area contributed by atoms with Crippen LogP contribution in [-0.4, -0.2) is 95.7 Å². The molecule has 2 saturated heterocycles. The van der Waals surface area contributed by atoms with Crippen LogP contribution in [0.25, 0.3) is 0 Å². The molecule has 2 heterocycles. The molecule has 0 atom stereocenters. The lowest BCUT2D eigenvalue weighted by atomic mass is 9.85. The Morgan fingerprint density at radius 1 is 1.21 bits per heavy atom. The van der Waals surface area contributed by atoms with E-state index >= 15 is 0 Å². The van der Waals surface area contributed by atoms with Gasteiger partial charge in [0.05, 0.1) is 0 Å². The smallest absolute Gasteiger partial charge is 0.475 e. The maximum atomic E-state index is 12.2. The molecular formula is C18H31F3N4O4. The summed E-state index contributed by atoms with van der Waals surface area (Å²) >= 11 is 0. The highest BCUT2D eigenvalue weighted by molar-refractivity contribution is 5.80. The fourth-order valence-electron chi connectivity index (χ4n) is 3.52. The van der Waals surface area contributed by atoms with Crippen molar-refractivity contribution >= 4 is 17.9 Å². The summed E-state index contributed by atoms with van der Waals surface area (Å²) in [6.45, 7) is 7.12. The number of halogens is 3. The van der Waals surface area contributed by atoms with Gasteiger partial charge in [-0.05, 0) is 47.2 Å². The summed E-state index contributed by atoms with van der Waals surface area (Å²) in [4.78, 5) is 39.3. The molecule has 29 heavy (non-hydrogen) atoms. The van der Waals surface area contributed by atoms with E-state index in [1.54, 1.807) is 0 Å². The molecule has 168 valence electrons. The minimum atomic E-state index is -5.08. The highest BCUT2D eigenvalue weighted by Gasteiger charge is 2.47. The summed E-state index contributed by atoms with van der Waals surface area (Å²) < 4.78 is 31.7. The Hall–Kier alpha value is -2.04. The summed E-state index contributed by atoms with van der Waals surface area (Å²) in [5, 5.41) is 10.1. The van der Waals surface area contributed by atoms with Crippen LogP contribution in [0.2, 0.25) is 0 Å². The van der Waals surface area contributed by atoms with E-state index < -0.39 is 12.1 Å². The van der Waals surface area contributed by atoms with Crippen LogP contribution in [0.4, 0.5) is 18.0 Å². The van der Waals surface area contributed by atoms with Gasteiger partial charge in [0, 0.05) is 44.2 Å². The summed E-state index contributed by atoms with van der Waals surface area (Å²) in [5.74, 6) is -2.48. The van der Waals surface area contributed by atoms with Crippen LogP contribution in [0, 0.1) is 0 Å². The van der Waals surface area contributed by atoms with Gasteiger partial charge in [0.25, 0.3) is 0 Å². The number of hydrogen-bond donors (Lipinski definition) is 2. The zero-order valence-electron chi connectivity index (χ0n) is 17.4. The number of alkyl halides is 3. The number of likely N-dealkylation sites (N-methyl/N-ethyl adjacent to an activating group) is 1.